The number of piperidine rings is 1. The van der Waals surface area contributed by atoms with Gasteiger partial charge >= 0.3 is 12.1 Å². The third kappa shape index (κ3) is 5.03. The predicted octanol–water partition coefficient (Wildman–Crippen LogP) is 4.31. The van der Waals surface area contributed by atoms with Crippen molar-refractivity contribution in [3.05, 3.63) is 53.3 Å². The molecule has 0 radical (unpaired) electrons. The van der Waals surface area contributed by atoms with Gasteiger partial charge in [0, 0.05) is 24.8 Å². The molecule has 1 fully saturated rings. The van der Waals surface area contributed by atoms with Crippen LogP contribution in [0.1, 0.15) is 43.4 Å². The Hall–Kier alpha value is -2.35. The zero-order valence-corrected chi connectivity index (χ0v) is 17.4. The van der Waals surface area contributed by atoms with Crippen molar-refractivity contribution in [3.8, 4) is 0 Å². The summed E-state index contributed by atoms with van der Waals surface area (Å²) in [7, 11) is 0. The first-order chi connectivity index (χ1) is 14.3. The number of hydrogen-bond donors (Lipinski definition) is 0. The van der Waals surface area contributed by atoms with Gasteiger partial charge < -0.3 is 4.74 Å². The molecule has 0 bridgehead atoms. The lowest BCUT2D eigenvalue weighted by molar-refractivity contribution is -0.159. The van der Waals surface area contributed by atoms with Gasteiger partial charge in [-0.2, -0.15) is 18.3 Å². The van der Waals surface area contributed by atoms with Crippen LogP contribution < -0.4 is 0 Å². The molecule has 2 heterocycles. The molecule has 0 amide bonds. The van der Waals surface area contributed by atoms with Crippen LogP contribution in [-0.2, 0) is 35.2 Å². The van der Waals surface area contributed by atoms with Crippen LogP contribution in [0, 0.1) is 5.41 Å². The van der Waals surface area contributed by atoms with Gasteiger partial charge in [0.2, 0.25) is 0 Å². The van der Waals surface area contributed by atoms with Crippen molar-refractivity contribution < 1.29 is 22.7 Å². The molecule has 2 aromatic rings. The van der Waals surface area contributed by atoms with Crippen molar-refractivity contribution in [2.24, 2.45) is 5.41 Å². The molecule has 0 atom stereocenters. The Kier molecular flexibility index (Phi) is 6.85. The molecule has 1 aromatic carbocycles. The number of hydrogen-bond acceptors (Lipinski definition) is 4. The van der Waals surface area contributed by atoms with Crippen LogP contribution in [0.2, 0.25) is 0 Å². The number of alkyl halides is 3. The summed E-state index contributed by atoms with van der Waals surface area (Å²) in [5.41, 5.74) is -0.386. The van der Waals surface area contributed by atoms with Crippen LogP contribution in [0.15, 0.2) is 36.7 Å². The second-order valence-corrected chi connectivity index (χ2v) is 7.81. The van der Waals surface area contributed by atoms with E-state index in [2.05, 4.69) is 10.00 Å². The molecule has 1 aliphatic rings. The van der Waals surface area contributed by atoms with E-state index in [1.54, 1.807) is 13.0 Å². The molecule has 1 saturated heterocycles. The Labute approximate surface area is 174 Å². The third-order valence-electron chi connectivity index (χ3n) is 5.79. The van der Waals surface area contributed by atoms with Gasteiger partial charge in [-0.25, -0.2) is 0 Å². The van der Waals surface area contributed by atoms with Crippen molar-refractivity contribution in [1.29, 1.82) is 0 Å². The highest BCUT2D eigenvalue weighted by Gasteiger charge is 2.44. The van der Waals surface area contributed by atoms with Gasteiger partial charge in [-0.1, -0.05) is 18.2 Å². The molecule has 0 aliphatic carbocycles. The summed E-state index contributed by atoms with van der Waals surface area (Å²) >= 11 is 0. The molecular weight excluding hydrogens is 395 g/mol. The smallest absolute Gasteiger partial charge is 0.416 e. The number of rotatable bonds is 7. The molecule has 1 aromatic heterocycles. The molecule has 8 heteroatoms. The number of likely N-dealkylation sites (tertiary alicyclic amines) is 1. The zero-order valence-electron chi connectivity index (χ0n) is 17.4. The van der Waals surface area contributed by atoms with Crippen LogP contribution >= 0.6 is 0 Å². The molecule has 30 heavy (non-hydrogen) atoms. The van der Waals surface area contributed by atoms with Crippen LogP contribution in [0.25, 0.3) is 0 Å². The summed E-state index contributed by atoms with van der Waals surface area (Å²) in [5, 5.41) is 4.28. The lowest BCUT2D eigenvalue weighted by Crippen LogP contribution is -2.46. The standard InChI is InChI=1S/C22H28F3N3O2/c1-3-28-16-17(14-26-28)15-27-11-9-21(10-12-27,20(29)30-4-2)13-18-7-5-6-8-19(18)22(23,24)25/h5-8,14,16H,3-4,9-13,15H2,1-2H3. The van der Waals surface area contributed by atoms with Crippen LogP contribution in [-0.4, -0.2) is 40.3 Å². The average molecular weight is 423 g/mol. The Morgan fingerprint density at radius 1 is 1.20 bits per heavy atom. The quantitative estimate of drug-likeness (QED) is 0.623. The molecule has 0 N–H and O–H groups in total. The fourth-order valence-electron chi connectivity index (χ4n) is 4.11. The van der Waals surface area contributed by atoms with Gasteiger partial charge in [0.25, 0.3) is 0 Å². The minimum Gasteiger partial charge on any atom is -0.466 e. The van der Waals surface area contributed by atoms with E-state index >= 15 is 0 Å². The van der Waals surface area contributed by atoms with Gasteiger partial charge in [-0.15, -0.1) is 0 Å². The number of benzene rings is 1. The first kappa shape index (κ1) is 22.3. The predicted molar refractivity (Wildman–Crippen MR) is 107 cm³/mol. The number of carbonyl (C=O) groups excluding carboxylic acids is 1. The molecule has 1 aliphatic heterocycles. The number of aromatic nitrogens is 2. The van der Waals surface area contributed by atoms with E-state index in [4.69, 9.17) is 4.74 Å². The topological polar surface area (TPSA) is 47.4 Å². The second-order valence-electron chi connectivity index (χ2n) is 7.81. The van der Waals surface area contributed by atoms with Crippen LogP contribution in [0.5, 0.6) is 0 Å². The Bertz CT molecular complexity index is 855. The summed E-state index contributed by atoms with van der Waals surface area (Å²) < 4.78 is 47.6. The maximum Gasteiger partial charge on any atom is 0.416 e. The highest BCUT2D eigenvalue weighted by Crippen LogP contribution is 2.40. The summed E-state index contributed by atoms with van der Waals surface area (Å²) in [4.78, 5) is 15.1. The van der Waals surface area contributed by atoms with E-state index in [1.165, 1.54) is 12.1 Å². The van der Waals surface area contributed by atoms with E-state index in [9.17, 15) is 18.0 Å². The third-order valence-corrected chi connectivity index (χ3v) is 5.79. The van der Waals surface area contributed by atoms with Crippen LogP contribution in [0.4, 0.5) is 13.2 Å². The highest BCUT2D eigenvalue weighted by molar-refractivity contribution is 5.77. The normalized spacial score (nSPS) is 17.1. The Morgan fingerprint density at radius 2 is 1.90 bits per heavy atom. The summed E-state index contributed by atoms with van der Waals surface area (Å²) in [6, 6.07) is 5.51. The monoisotopic (exact) mass is 423 g/mol. The Balaban J connectivity index is 1.77. The van der Waals surface area contributed by atoms with E-state index in [1.807, 2.05) is 24.0 Å². The number of esters is 1. The maximum atomic E-state index is 13.5. The number of halogens is 3. The molecular formula is C22H28F3N3O2. The molecule has 0 spiro atoms. The number of ether oxygens (including phenoxy) is 1. The van der Waals surface area contributed by atoms with Gasteiger partial charge in [0.1, 0.15) is 0 Å². The fraction of sp³-hybridized carbons (Fsp3) is 0.545. The Morgan fingerprint density at radius 3 is 2.50 bits per heavy atom. The van der Waals surface area contributed by atoms with Crippen molar-refractivity contribution in [3.63, 3.8) is 0 Å². The van der Waals surface area contributed by atoms with Gasteiger partial charge in [0.05, 0.1) is 23.8 Å². The number of carbonyl (C=O) groups is 1. The van der Waals surface area contributed by atoms with Crippen molar-refractivity contribution in [2.75, 3.05) is 19.7 Å². The van der Waals surface area contributed by atoms with E-state index in [-0.39, 0.29) is 18.6 Å². The van der Waals surface area contributed by atoms with Crippen molar-refractivity contribution in [2.45, 2.75) is 52.4 Å². The van der Waals surface area contributed by atoms with Crippen LogP contribution in [0.3, 0.4) is 0 Å². The molecule has 0 saturated carbocycles. The minimum absolute atomic E-state index is 0.0309. The SMILES string of the molecule is CCOC(=O)C1(Cc2ccccc2C(F)(F)F)CCN(Cc2cnn(CC)c2)CC1. The average Bonchev–Trinajstić information content (AvgIpc) is 3.17. The minimum atomic E-state index is -4.45. The second kappa shape index (κ2) is 9.20. The first-order valence-corrected chi connectivity index (χ1v) is 10.3. The molecule has 3 rings (SSSR count). The lowest BCUT2D eigenvalue weighted by Gasteiger charge is -2.40. The molecule has 5 nitrogen and oxygen atoms in total. The largest absolute Gasteiger partial charge is 0.466 e. The number of nitrogens with zero attached hydrogens (tertiary/aromatic N) is 3. The maximum absolute atomic E-state index is 13.5. The van der Waals surface area contributed by atoms with Crippen molar-refractivity contribution in [1.82, 2.24) is 14.7 Å². The van der Waals surface area contributed by atoms with Gasteiger partial charge in [-0.3, -0.25) is 14.4 Å². The fourth-order valence-corrected chi connectivity index (χ4v) is 4.11. The van der Waals surface area contributed by atoms with E-state index in [0.717, 1.165) is 18.2 Å². The summed E-state index contributed by atoms with van der Waals surface area (Å²) in [6.07, 6.45) is 0.318. The number of aryl methyl sites for hydroxylation is 1. The highest BCUT2D eigenvalue weighted by atomic mass is 19.4. The van der Waals surface area contributed by atoms with E-state index in [0.29, 0.717) is 32.5 Å². The lowest BCUT2D eigenvalue weighted by atomic mass is 9.73. The van der Waals surface area contributed by atoms with Gasteiger partial charge in [-0.05, 0) is 57.8 Å². The van der Waals surface area contributed by atoms with E-state index < -0.39 is 23.1 Å². The molecule has 0 unspecified atom stereocenters. The van der Waals surface area contributed by atoms with Crippen molar-refractivity contribution >= 4 is 5.97 Å². The first-order valence-electron chi connectivity index (χ1n) is 10.3. The summed E-state index contributed by atoms with van der Waals surface area (Å²) in [6.45, 7) is 6.68. The van der Waals surface area contributed by atoms with Gasteiger partial charge in [0.15, 0.2) is 0 Å². The summed E-state index contributed by atoms with van der Waals surface area (Å²) in [5.74, 6) is -0.402. The zero-order chi connectivity index (χ0) is 21.8. The molecule has 164 valence electrons.